The molecule has 0 atom stereocenters. The standard InChI is InChI=1S/C18H34N6O/c1-16(2)22(4)9-6-5-8-20-18(19-3)24-12-10-23(11-13-24)15-17-7-14-25-21-17/h7,14,16H,5-6,8-13,15H2,1-4H3,(H,19,20). The first-order valence-corrected chi connectivity index (χ1v) is 9.37. The quantitative estimate of drug-likeness (QED) is 0.435. The van der Waals surface area contributed by atoms with Crippen LogP contribution in [-0.4, -0.2) is 85.2 Å². The third kappa shape index (κ3) is 6.66. The topological polar surface area (TPSA) is 60.1 Å². The predicted molar refractivity (Wildman–Crippen MR) is 102 cm³/mol. The molecule has 2 rings (SSSR count). The zero-order valence-corrected chi connectivity index (χ0v) is 16.2. The van der Waals surface area contributed by atoms with Gasteiger partial charge in [0.15, 0.2) is 5.96 Å². The molecule has 0 aliphatic carbocycles. The van der Waals surface area contributed by atoms with Crippen molar-refractivity contribution in [1.29, 1.82) is 0 Å². The van der Waals surface area contributed by atoms with Gasteiger partial charge >= 0.3 is 0 Å². The summed E-state index contributed by atoms with van der Waals surface area (Å²) < 4.78 is 4.91. The third-order valence-electron chi connectivity index (χ3n) is 4.86. The molecule has 2 heterocycles. The summed E-state index contributed by atoms with van der Waals surface area (Å²) in [4.78, 5) is 11.6. The summed E-state index contributed by atoms with van der Waals surface area (Å²) in [5.41, 5.74) is 1.00. The van der Waals surface area contributed by atoms with Crippen LogP contribution in [0.3, 0.4) is 0 Å². The highest BCUT2D eigenvalue weighted by molar-refractivity contribution is 5.79. The highest BCUT2D eigenvalue weighted by Gasteiger charge is 2.20. The van der Waals surface area contributed by atoms with E-state index in [1.165, 1.54) is 12.8 Å². The van der Waals surface area contributed by atoms with E-state index >= 15 is 0 Å². The Balaban J connectivity index is 1.63. The molecule has 0 amide bonds. The third-order valence-corrected chi connectivity index (χ3v) is 4.86. The lowest BCUT2D eigenvalue weighted by atomic mass is 10.2. The van der Waals surface area contributed by atoms with E-state index in [1.807, 2.05) is 13.1 Å². The van der Waals surface area contributed by atoms with Gasteiger partial charge in [-0.3, -0.25) is 9.89 Å². The van der Waals surface area contributed by atoms with E-state index in [1.54, 1.807) is 6.26 Å². The van der Waals surface area contributed by atoms with Gasteiger partial charge in [-0.2, -0.15) is 0 Å². The summed E-state index contributed by atoms with van der Waals surface area (Å²) in [7, 11) is 4.06. The van der Waals surface area contributed by atoms with Crippen LogP contribution in [0.4, 0.5) is 0 Å². The van der Waals surface area contributed by atoms with E-state index in [2.05, 4.69) is 51.1 Å². The van der Waals surface area contributed by atoms with Crippen molar-refractivity contribution in [3.05, 3.63) is 18.0 Å². The van der Waals surface area contributed by atoms with Crippen molar-refractivity contribution < 1.29 is 4.52 Å². The van der Waals surface area contributed by atoms with Gasteiger partial charge in [0.2, 0.25) is 0 Å². The summed E-state index contributed by atoms with van der Waals surface area (Å²) in [5.74, 6) is 1.03. The molecule has 0 saturated carbocycles. The van der Waals surface area contributed by atoms with Crippen LogP contribution >= 0.6 is 0 Å². The monoisotopic (exact) mass is 350 g/mol. The van der Waals surface area contributed by atoms with Crippen molar-refractivity contribution in [2.24, 2.45) is 4.99 Å². The lowest BCUT2D eigenvalue weighted by Gasteiger charge is -2.36. The summed E-state index contributed by atoms with van der Waals surface area (Å²) in [6.45, 7) is 11.5. The Kier molecular flexibility index (Phi) is 8.21. The molecule has 1 aromatic rings. The molecule has 7 nitrogen and oxygen atoms in total. The van der Waals surface area contributed by atoms with Crippen LogP contribution in [0.15, 0.2) is 21.8 Å². The predicted octanol–water partition coefficient (Wildman–Crippen LogP) is 1.49. The number of guanidine groups is 1. The van der Waals surface area contributed by atoms with Crippen LogP contribution in [0.2, 0.25) is 0 Å². The van der Waals surface area contributed by atoms with Gasteiger partial charge in [-0.15, -0.1) is 0 Å². The number of hydrogen-bond donors (Lipinski definition) is 1. The summed E-state index contributed by atoms with van der Waals surface area (Å²) >= 11 is 0. The molecule has 1 N–H and O–H groups in total. The van der Waals surface area contributed by atoms with E-state index in [0.29, 0.717) is 6.04 Å². The second-order valence-electron chi connectivity index (χ2n) is 7.01. The van der Waals surface area contributed by atoms with Crippen molar-refractivity contribution in [3.8, 4) is 0 Å². The Hall–Kier alpha value is -1.60. The Labute approximate surface area is 152 Å². The number of aromatic nitrogens is 1. The molecule has 25 heavy (non-hydrogen) atoms. The molecular weight excluding hydrogens is 316 g/mol. The number of hydrogen-bond acceptors (Lipinski definition) is 5. The Bertz CT molecular complexity index is 494. The van der Waals surface area contributed by atoms with Crippen molar-refractivity contribution in [2.75, 3.05) is 53.4 Å². The van der Waals surface area contributed by atoms with Crippen molar-refractivity contribution >= 4 is 5.96 Å². The van der Waals surface area contributed by atoms with Gasteiger partial charge in [0.1, 0.15) is 6.26 Å². The average Bonchev–Trinajstić information content (AvgIpc) is 3.12. The number of aliphatic imine (C=N–C) groups is 1. The molecule has 0 spiro atoms. The highest BCUT2D eigenvalue weighted by atomic mass is 16.5. The molecule has 142 valence electrons. The normalized spacial score (nSPS) is 16.9. The maximum atomic E-state index is 4.91. The highest BCUT2D eigenvalue weighted by Crippen LogP contribution is 2.07. The Morgan fingerprint density at radius 3 is 2.68 bits per heavy atom. The van der Waals surface area contributed by atoms with Crippen LogP contribution < -0.4 is 5.32 Å². The molecule has 0 radical (unpaired) electrons. The van der Waals surface area contributed by atoms with Crippen molar-refractivity contribution in [1.82, 2.24) is 25.2 Å². The minimum atomic E-state index is 0.620. The number of rotatable bonds is 8. The maximum Gasteiger partial charge on any atom is 0.193 e. The first kappa shape index (κ1) is 19.7. The zero-order valence-electron chi connectivity index (χ0n) is 16.2. The van der Waals surface area contributed by atoms with E-state index < -0.39 is 0 Å². The van der Waals surface area contributed by atoms with Gasteiger partial charge < -0.3 is 19.6 Å². The summed E-state index contributed by atoms with van der Waals surface area (Å²) in [5, 5.41) is 7.51. The fourth-order valence-corrected chi connectivity index (χ4v) is 2.94. The second kappa shape index (κ2) is 10.4. The fraction of sp³-hybridized carbons (Fsp3) is 0.778. The average molecular weight is 351 g/mol. The van der Waals surface area contributed by atoms with Crippen molar-refractivity contribution in [3.63, 3.8) is 0 Å². The van der Waals surface area contributed by atoms with Gasteiger partial charge in [-0.1, -0.05) is 5.16 Å². The van der Waals surface area contributed by atoms with E-state index in [9.17, 15) is 0 Å². The molecule has 1 aliphatic rings. The molecule has 0 unspecified atom stereocenters. The first-order chi connectivity index (χ1) is 12.1. The van der Waals surface area contributed by atoms with Gasteiger partial charge in [0.05, 0.1) is 5.69 Å². The van der Waals surface area contributed by atoms with Crippen LogP contribution in [-0.2, 0) is 6.54 Å². The van der Waals surface area contributed by atoms with Crippen LogP contribution in [0.1, 0.15) is 32.4 Å². The van der Waals surface area contributed by atoms with Gasteiger partial charge in [0.25, 0.3) is 0 Å². The Morgan fingerprint density at radius 1 is 1.32 bits per heavy atom. The number of unbranched alkanes of at least 4 members (excludes halogenated alkanes) is 1. The summed E-state index contributed by atoms with van der Waals surface area (Å²) in [6.07, 6.45) is 4.02. The van der Waals surface area contributed by atoms with E-state index in [-0.39, 0.29) is 0 Å². The molecule has 7 heteroatoms. The summed E-state index contributed by atoms with van der Waals surface area (Å²) in [6, 6.07) is 2.55. The fourth-order valence-electron chi connectivity index (χ4n) is 2.94. The van der Waals surface area contributed by atoms with E-state index in [0.717, 1.165) is 57.5 Å². The van der Waals surface area contributed by atoms with Crippen LogP contribution in [0, 0.1) is 0 Å². The van der Waals surface area contributed by atoms with Gasteiger partial charge in [-0.25, -0.2) is 0 Å². The first-order valence-electron chi connectivity index (χ1n) is 9.37. The van der Waals surface area contributed by atoms with Crippen LogP contribution in [0.25, 0.3) is 0 Å². The molecule has 1 aliphatic heterocycles. The van der Waals surface area contributed by atoms with Gasteiger partial charge in [0, 0.05) is 58.4 Å². The number of piperazine rings is 1. The lowest BCUT2D eigenvalue weighted by Crippen LogP contribution is -2.52. The molecule has 0 aromatic carbocycles. The second-order valence-corrected chi connectivity index (χ2v) is 7.01. The maximum absolute atomic E-state index is 4.91. The Morgan fingerprint density at radius 2 is 2.08 bits per heavy atom. The van der Waals surface area contributed by atoms with Gasteiger partial charge in [-0.05, 0) is 40.3 Å². The minimum absolute atomic E-state index is 0.620. The number of nitrogens with zero attached hydrogens (tertiary/aromatic N) is 5. The SMILES string of the molecule is CN=C(NCCCCN(C)C(C)C)N1CCN(Cc2ccon2)CC1. The van der Waals surface area contributed by atoms with E-state index in [4.69, 9.17) is 4.52 Å². The molecule has 1 fully saturated rings. The minimum Gasteiger partial charge on any atom is -0.364 e. The molecule has 1 aromatic heterocycles. The van der Waals surface area contributed by atoms with Crippen LogP contribution in [0.5, 0.6) is 0 Å². The zero-order chi connectivity index (χ0) is 18.1. The molecule has 1 saturated heterocycles. The molecule has 0 bridgehead atoms. The number of nitrogens with one attached hydrogen (secondary N) is 1. The largest absolute Gasteiger partial charge is 0.364 e. The molecular formula is C18H34N6O. The smallest absolute Gasteiger partial charge is 0.193 e. The van der Waals surface area contributed by atoms with Crippen molar-refractivity contribution in [2.45, 2.75) is 39.3 Å². The lowest BCUT2D eigenvalue weighted by molar-refractivity contribution is 0.169.